The largest absolute Gasteiger partial charge is 0.465 e. The van der Waals surface area contributed by atoms with Gasteiger partial charge in [0.2, 0.25) is 0 Å². The van der Waals surface area contributed by atoms with E-state index in [1.165, 1.54) is 42.8 Å². The summed E-state index contributed by atoms with van der Waals surface area (Å²) in [7, 11) is 1.27. The number of carbonyl (C=O) groups is 1. The van der Waals surface area contributed by atoms with Crippen LogP contribution in [-0.2, 0) is 11.3 Å². The van der Waals surface area contributed by atoms with Crippen LogP contribution in [0.1, 0.15) is 15.4 Å². The van der Waals surface area contributed by atoms with Crippen LogP contribution in [0.15, 0.2) is 24.4 Å². The van der Waals surface area contributed by atoms with Crippen molar-refractivity contribution < 1.29 is 13.9 Å². The molecule has 0 aliphatic heterocycles. The standard InChI is InChI=1S/C12H10ClFN2O2S/c1-18-12(17)8-3-2-7(14)4-9(8)15-6-11-16-5-10(13)19-11/h2-5,15H,6H2,1H3. The highest BCUT2D eigenvalue weighted by Crippen LogP contribution is 2.22. The van der Waals surface area contributed by atoms with Gasteiger partial charge in [0.1, 0.15) is 15.2 Å². The van der Waals surface area contributed by atoms with E-state index in [9.17, 15) is 9.18 Å². The molecule has 19 heavy (non-hydrogen) atoms. The third-order valence-corrected chi connectivity index (χ3v) is 3.46. The summed E-state index contributed by atoms with van der Waals surface area (Å²) in [5.41, 5.74) is 0.629. The van der Waals surface area contributed by atoms with Crippen molar-refractivity contribution in [1.29, 1.82) is 0 Å². The van der Waals surface area contributed by atoms with Crippen LogP contribution in [-0.4, -0.2) is 18.1 Å². The number of hydrogen-bond acceptors (Lipinski definition) is 5. The van der Waals surface area contributed by atoms with E-state index in [1.54, 1.807) is 0 Å². The first kappa shape index (κ1) is 13.8. The molecule has 4 nitrogen and oxygen atoms in total. The van der Waals surface area contributed by atoms with Gasteiger partial charge in [0.05, 0.1) is 31.1 Å². The zero-order valence-corrected chi connectivity index (χ0v) is 11.5. The number of nitrogens with one attached hydrogen (secondary N) is 1. The average Bonchev–Trinajstić information content (AvgIpc) is 2.81. The number of methoxy groups -OCH3 is 1. The van der Waals surface area contributed by atoms with Crippen molar-refractivity contribution in [2.45, 2.75) is 6.54 Å². The summed E-state index contributed by atoms with van der Waals surface area (Å²) in [5.74, 6) is -0.966. The van der Waals surface area contributed by atoms with Crippen LogP contribution in [0.25, 0.3) is 0 Å². The van der Waals surface area contributed by atoms with Gasteiger partial charge in [-0.05, 0) is 18.2 Å². The summed E-state index contributed by atoms with van der Waals surface area (Å²) in [6.45, 7) is 0.352. The van der Waals surface area contributed by atoms with Crippen LogP contribution in [0.2, 0.25) is 4.34 Å². The number of rotatable bonds is 4. The number of carbonyl (C=O) groups excluding carboxylic acids is 1. The number of hydrogen-bond donors (Lipinski definition) is 1. The van der Waals surface area contributed by atoms with Gasteiger partial charge in [-0.1, -0.05) is 11.6 Å². The lowest BCUT2D eigenvalue weighted by Crippen LogP contribution is -2.08. The first-order valence-electron chi connectivity index (χ1n) is 5.32. The van der Waals surface area contributed by atoms with Gasteiger partial charge in [0.15, 0.2) is 0 Å². The second kappa shape index (κ2) is 5.99. The topological polar surface area (TPSA) is 51.2 Å². The lowest BCUT2D eigenvalue weighted by atomic mass is 10.1. The van der Waals surface area contributed by atoms with E-state index in [4.69, 9.17) is 11.6 Å². The van der Waals surface area contributed by atoms with Crippen LogP contribution in [0.3, 0.4) is 0 Å². The summed E-state index contributed by atoms with van der Waals surface area (Å²) in [6.07, 6.45) is 1.54. The fraction of sp³-hybridized carbons (Fsp3) is 0.167. The zero-order chi connectivity index (χ0) is 13.8. The van der Waals surface area contributed by atoms with E-state index in [0.717, 1.165) is 5.01 Å². The maximum Gasteiger partial charge on any atom is 0.339 e. The molecule has 0 atom stereocenters. The van der Waals surface area contributed by atoms with Gasteiger partial charge in [-0.15, -0.1) is 11.3 Å². The molecule has 0 fully saturated rings. The summed E-state index contributed by atoms with van der Waals surface area (Å²) < 4.78 is 18.4. The molecule has 1 aromatic heterocycles. The summed E-state index contributed by atoms with van der Waals surface area (Å²) >= 11 is 7.08. The highest BCUT2D eigenvalue weighted by molar-refractivity contribution is 7.15. The van der Waals surface area contributed by atoms with Gasteiger partial charge in [-0.2, -0.15) is 0 Å². The third kappa shape index (κ3) is 3.42. The molecule has 0 amide bonds. The summed E-state index contributed by atoms with van der Waals surface area (Å²) in [5, 5.41) is 3.69. The minimum Gasteiger partial charge on any atom is -0.465 e. The van der Waals surface area contributed by atoms with E-state index in [0.29, 0.717) is 16.6 Å². The summed E-state index contributed by atoms with van der Waals surface area (Å²) in [6, 6.07) is 3.82. The number of aromatic nitrogens is 1. The maximum atomic E-state index is 13.2. The minimum absolute atomic E-state index is 0.270. The van der Waals surface area contributed by atoms with Crippen LogP contribution < -0.4 is 5.32 Å². The SMILES string of the molecule is COC(=O)c1ccc(F)cc1NCc1ncc(Cl)s1. The lowest BCUT2D eigenvalue weighted by Gasteiger charge is -2.09. The molecule has 0 unspecified atom stereocenters. The van der Waals surface area contributed by atoms with Crippen molar-refractivity contribution in [3.63, 3.8) is 0 Å². The van der Waals surface area contributed by atoms with Gasteiger partial charge in [-0.3, -0.25) is 0 Å². The van der Waals surface area contributed by atoms with E-state index in [2.05, 4.69) is 15.0 Å². The molecular formula is C12H10ClFN2O2S. The molecule has 0 radical (unpaired) electrons. The van der Waals surface area contributed by atoms with Crippen molar-refractivity contribution in [3.05, 3.63) is 45.1 Å². The molecule has 2 aromatic rings. The number of nitrogens with zero attached hydrogens (tertiary/aromatic N) is 1. The normalized spacial score (nSPS) is 10.3. The molecule has 0 aliphatic carbocycles. The minimum atomic E-state index is -0.528. The maximum absolute atomic E-state index is 13.2. The molecule has 1 heterocycles. The quantitative estimate of drug-likeness (QED) is 0.880. The Labute approximate surface area is 118 Å². The summed E-state index contributed by atoms with van der Waals surface area (Å²) in [4.78, 5) is 15.6. The number of anilines is 1. The van der Waals surface area contributed by atoms with Crippen molar-refractivity contribution in [2.24, 2.45) is 0 Å². The Morgan fingerprint density at radius 3 is 3.00 bits per heavy atom. The molecule has 0 bridgehead atoms. The van der Waals surface area contributed by atoms with Crippen LogP contribution in [0.5, 0.6) is 0 Å². The van der Waals surface area contributed by atoms with Gasteiger partial charge in [0.25, 0.3) is 0 Å². The van der Waals surface area contributed by atoms with E-state index in [1.807, 2.05) is 0 Å². The highest BCUT2D eigenvalue weighted by Gasteiger charge is 2.13. The Balaban J connectivity index is 2.18. The van der Waals surface area contributed by atoms with Gasteiger partial charge in [-0.25, -0.2) is 14.2 Å². The van der Waals surface area contributed by atoms with Crippen LogP contribution in [0, 0.1) is 5.82 Å². The molecular weight excluding hydrogens is 291 g/mol. The van der Waals surface area contributed by atoms with Crippen molar-refractivity contribution in [2.75, 3.05) is 12.4 Å². The molecule has 7 heteroatoms. The highest BCUT2D eigenvalue weighted by atomic mass is 35.5. The van der Waals surface area contributed by atoms with Crippen LogP contribution in [0.4, 0.5) is 10.1 Å². The number of thiazole rings is 1. The Bertz CT molecular complexity index is 603. The van der Waals surface area contributed by atoms with Crippen molar-refractivity contribution in [3.8, 4) is 0 Å². The number of esters is 1. The molecule has 0 aliphatic rings. The lowest BCUT2D eigenvalue weighted by molar-refractivity contribution is 0.0602. The molecule has 1 aromatic carbocycles. The Kier molecular flexibility index (Phi) is 4.34. The van der Waals surface area contributed by atoms with Gasteiger partial charge < -0.3 is 10.1 Å². The second-order valence-electron chi connectivity index (χ2n) is 3.59. The Morgan fingerprint density at radius 2 is 2.37 bits per heavy atom. The average molecular weight is 301 g/mol. The third-order valence-electron chi connectivity index (χ3n) is 2.34. The van der Waals surface area contributed by atoms with E-state index < -0.39 is 11.8 Å². The molecule has 0 saturated heterocycles. The van der Waals surface area contributed by atoms with Crippen molar-refractivity contribution in [1.82, 2.24) is 4.98 Å². The van der Waals surface area contributed by atoms with Gasteiger partial charge in [0, 0.05) is 0 Å². The fourth-order valence-corrected chi connectivity index (χ4v) is 2.39. The molecule has 2 rings (SSSR count). The predicted molar refractivity (Wildman–Crippen MR) is 72.2 cm³/mol. The Morgan fingerprint density at radius 1 is 1.58 bits per heavy atom. The zero-order valence-electron chi connectivity index (χ0n) is 9.94. The molecule has 100 valence electrons. The van der Waals surface area contributed by atoms with Crippen LogP contribution >= 0.6 is 22.9 Å². The Hall–Kier alpha value is -1.66. The monoisotopic (exact) mass is 300 g/mol. The smallest absolute Gasteiger partial charge is 0.339 e. The van der Waals surface area contributed by atoms with E-state index in [-0.39, 0.29) is 5.56 Å². The number of benzene rings is 1. The predicted octanol–water partition coefficient (Wildman–Crippen LogP) is 3.33. The first-order valence-corrected chi connectivity index (χ1v) is 6.51. The van der Waals surface area contributed by atoms with Gasteiger partial charge >= 0.3 is 5.97 Å². The first-order chi connectivity index (χ1) is 9.10. The number of ether oxygens (including phenoxy) is 1. The van der Waals surface area contributed by atoms with E-state index >= 15 is 0 Å². The molecule has 1 N–H and O–H groups in total. The molecule has 0 saturated carbocycles. The molecule has 0 spiro atoms. The number of halogens is 2. The van der Waals surface area contributed by atoms with Crippen molar-refractivity contribution >= 4 is 34.6 Å². The second-order valence-corrected chi connectivity index (χ2v) is 5.34. The fourth-order valence-electron chi connectivity index (χ4n) is 1.49.